The van der Waals surface area contributed by atoms with Crippen molar-refractivity contribution < 1.29 is 9.59 Å². The largest absolute Gasteiger partial charge is 0.358 e. The van der Waals surface area contributed by atoms with E-state index in [1.165, 1.54) is 0 Å². The fraction of sp³-hybridized carbons (Fsp3) is 0.417. The highest BCUT2D eigenvalue weighted by atomic mass is 35.5. The molecular weight excluding hydrogens is 412 g/mol. The zero-order valence-corrected chi connectivity index (χ0v) is 19.1. The molecule has 0 spiro atoms. The zero-order chi connectivity index (χ0) is 22.1. The summed E-state index contributed by atoms with van der Waals surface area (Å²) in [6.45, 7) is 10.6. The lowest BCUT2D eigenvalue weighted by Gasteiger charge is -2.25. The van der Waals surface area contributed by atoms with Crippen LogP contribution in [-0.2, 0) is 11.2 Å². The average molecular weight is 441 g/mol. The summed E-state index contributed by atoms with van der Waals surface area (Å²) in [6, 6.07) is 5.37. The lowest BCUT2D eigenvalue weighted by atomic mass is 10.0. The number of carbonyl (C=O) groups excluding carboxylic acids is 2. The number of hydrogen-bond acceptors (Lipinski definition) is 3. The summed E-state index contributed by atoms with van der Waals surface area (Å²) < 4.78 is 0. The highest BCUT2D eigenvalue weighted by molar-refractivity contribution is 6.36. The molecule has 0 aliphatic carbocycles. The number of hydrogen-bond donors (Lipinski definition) is 2. The third kappa shape index (κ3) is 4.14. The summed E-state index contributed by atoms with van der Waals surface area (Å²) in [7, 11) is 0. The molecule has 2 aromatic rings. The van der Waals surface area contributed by atoms with Crippen molar-refractivity contribution in [2.75, 3.05) is 38.0 Å². The van der Waals surface area contributed by atoms with Crippen molar-refractivity contribution in [3.63, 3.8) is 0 Å². The van der Waals surface area contributed by atoms with Crippen LogP contribution >= 0.6 is 11.6 Å². The van der Waals surface area contributed by atoms with Crippen LogP contribution in [0.5, 0.6) is 0 Å². The molecule has 0 unspecified atom stereocenters. The fourth-order valence-electron chi connectivity index (χ4n) is 4.47. The molecule has 2 aliphatic rings. The first kappa shape index (κ1) is 21.7. The number of anilines is 1. The van der Waals surface area contributed by atoms with Crippen LogP contribution in [0.2, 0.25) is 5.02 Å². The SMILES string of the molecule is CCN(CC)CCN1CCCc2[nH]c(C=C3C(=O)Nc4ccc(Cl)cc43)c(C)c2C1=O. The van der Waals surface area contributed by atoms with Crippen molar-refractivity contribution >= 4 is 40.8 Å². The summed E-state index contributed by atoms with van der Waals surface area (Å²) in [5, 5.41) is 3.46. The predicted octanol–water partition coefficient (Wildman–Crippen LogP) is 4.20. The molecule has 164 valence electrons. The minimum absolute atomic E-state index is 0.0809. The summed E-state index contributed by atoms with van der Waals surface area (Å²) in [6.07, 6.45) is 3.59. The van der Waals surface area contributed by atoms with Gasteiger partial charge in [0.1, 0.15) is 0 Å². The Morgan fingerprint density at radius 3 is 2.74 bits per heavy atom. The molecule has 0 saturated heterocycles. The Bertz CT molecular complexity index is 1050. The molecule has 3 heterocycles. The van der Waals surface area contributed by atoms with Crippen LogP contribution in [-0.4, -0.2) is 59.3 Å². The van der Waals surface area contributed by atoms with Gasteiger partial charge in [0.2, 0.25) is 0 Å². The molecule has 0 radical (unpaired) electrons. The summed E-state index contributed by atoms with van der Waals surface area (Å²) >= 11 is 6.15. The van der Waals surface area contributed by atoms with Gasteiger partial charge in [-0.05, 0) is 62.7 Å². The van der Waals surface area contributed by atoms with Gasteiger partial charge in [0.15, 0.2) is 0 Å². The Kier molecular flexibility index (Phi) is 6.21. The molecule has 0 saturated carbocycles. The second-order valence-electron chi connectivity index (χ2n) is 8.14. The number of likely N-dealkylation sites (N-methyl/N-ethyl adjacent to an activating group) is 1. The maximum Gasteiger partial charge on any atom is 0.256 e. The van der Waals surface area contributed by atoms with E-state index in [0.29, 0.717) is 10.6 Å². The van der Waals surface area contributed by atoms with Gasteiger partial charge < -0.3 is 20.1 Å². The number of aromatic amines is 1. The van der Waals surface area contributed by atoms with Gasteiger partial charge in [-0.3, -0.25) is 9.59 Å². The molecule has 6 nitrogen and oxygen atoms in total. The van der Waals surface area contributed by atoms with Gasteiger partial charge in [0, 0.05) is 47.3 Å². The van der Waals surface area contributed by atoms with E-state index in [1.807, 2.05) is 24.0 Å². The lowest BCUT2D eigenvalue weighted by molar-refractivity contribution is -0.110. The van der Waals surface area contributed by atoms with Crippen LogP contribution in [0.15, 0.2) is 18.2 Å². The maximum atomic E-state index is 13.4. The molecule has 0 bridgehead atoms. The van der Waals surface area contributed by atoms with Gasteiger partial charge in [0.05, 0.1) is 11.1 Å². The van der Waals surface area contributed by atoms with Crippen molar-refractivity contribution in [1.29, 1.82) is 0 Å². The summed E-state index contributed by atoms with van der Waals surface area (Å²) in [5.74, 6) is -0.0778. The molecular formula is C24H29ClN4O2. The van der Waals surface area contributed by atoms with Crippen LogP contribution in [0.25, 0.3) is 11.6 Å². The Balaban J connectivity index is 1.65. The van der Waals surface area contributed by atoms with Gasteiger partial charge in [-0.2, -0.15) is 0 Å². The van der Waals surface area contributed by atoms with E-state index in [-0.39, 0.29) is 11.8 Å². The minimum atomic E-state index is -0.159. The topological polar surface area (TPSA) is 68.4 Å². The number of rotatable bonds is 6. The fourth-order valence-corrected chi connectivity index (χ4v) is 4.64. The Morgan fingerprint density at radius 2 is 2.00 bits per heavy atom. The molecule has 2 aliphatic heterocycles. The van der Waals surface area contributed by atoms with E-state index in [9.17, 15) is 9.59 Å². The van der Waals surface area contributed by atoms with Crippen LogP contribution < -0.4 is 5.32 Å². The number of benzene rings is 1. The number of nitrogens with one attached hydrogen (secondary N) is 2. The molecule has 2 N–H and O–H groups in total. The number of aromatic nitrogens is 1. The number of nitrogens with zero attached hydrogens (tertiary/aromatic N) is 2. The quantitative estimate of drug-likeness (QED) is 0.661. The smallest absolute Gasteiger partial charge is 0.256 e. The average Bonchev–Trinajstić information content (AvgIpc) is 3.17. The normalized spacial score (nSPS) is 17.2. The molecule has 31 heavy (non-hydrogen) atoms. The number of halogens is 1. The first-order valence-electron chi connectivity index (χ1n) is 11.0. The zero-order valence-electron chi connectivity index (χ0n) is 18.3. The van der Waals surface area contributed by atoms with Crippen molar-refractivity contribution in [1.82, 2.24) is 14.8 Å². The molecule has 1 aromatic carbocycles. The van der Waals surface area contributed by atoms with E-state index in [4.69, 9.17) is 11.6 Å². The van der Waals surface area contributed by atoms with Crippen molar-refractivity contribution in [2.24, 2.45) is 0 Å². The molecule has 4 rings (SSSR count). The van der Waals surface area contributed by atoms with Gasteiger partial charge in [0.25, 0.3) is 11.8 Å². The molecule has 7 heteroatoms. The number of aryl methyl sites for hydroxylation is 1. The highest BCUT2D eigenvalue weighted by Crippen LogP contribution is 2.36. The second-order valence-corrected chi connectivity index (χ2v) is 8.58. The number of H-pyrrole nitrogens is 1. The van der Waals surface area contributed by atoms with E-state index >= 15 is 0 Å². The van der Waals surface area contributed by atoms with E-state index in [1.54, 1.807) is 12.1 Å². The number of fused-ring (bicyclic) bond motifs is 2. The van der Waals surface area contributed by atoms with Crippen LogP contribution in [0.1, 0.15) is 53.1 Å². The van der Waals surface area contributed by atoms with Crippen LogP contribution in [0.3, 0.4) is 0 Å². The maximum absolute atomic E-state index is 13.4. The third-order valence-electron chi connectivity index (χ3n) is 6.36. The Labute approximate surface area is 188 Å². The first-order valence-corrected chi connectivity index (χ1v) is 11.4. The van der Waals surface area contributed by atoms with Gasteiger partial charge in [-0.1, -0.05) is 25.4 Å². The van der Waals surface area contributed by atoms with Crippen LogP contribution in [0.4, 0.5) is 5.69 Å². The van der Waals surface area contributed by atoms with Gasteiger partial charge in [-0.15, -0.1) is 0 Å². The monoisotopic (exact) mass is 440 g/mol. The number of amides is 2. The second kappa shape index (κ2) is 8.89. The van der Waals surface area contributed by atoms with E-state index < -0.39 is 0 Å². The van der Waals surface area contributed by atoms with Crippen molar-refractivity contribution in [3.8, 4) is 0 Å². The van der Waals surface area contributed by atoms with Gasteiger partial charge >= 0.3 is 0 Å². The first-order chi connectivity index (χ1) is 14.9. The molecule has 0 fully saturated rings. The van der Waals surface area contributed by atoms with Crippen LogP contribution in [0, 0.1) is 6.92 Å². The highest BCUT2D eigenvalue weighted by Gasteiger charge is 2.29. The third-order valence-corrected chi connectivity index (χ3v) is 6.59. The summed E-state index contributed by atoms with van der Waals surface area (Å²) in [4.78, 5) is 33.7. The Hall–Kier alpha value is -2.57. The van der Waals surface area contributed by atoms with Crippen molar-refractivity contribution in [2.45, 2.75) is 33.6 Å². The summed E-state index contributed by atoms with van der Waals surface area (Å²) in [5.41, 5.74) is 5.52. The standard InChI is InChI=1S/C24H29ClN4O2/c1-4-28(5-2)11-12-29-10-6-7-20-22(24(29)31)15(3)21(26-20)14-18-17-13-16(25)8-9-19(17)27-23(18)30/h8-9,13-14,26H,4-7,10-12H2,1-3H3,(H,27,30). The van der Waals surface area contributed by atoms with E-state index in [0.717, 1.165) is 79.3 Å². The lowest BCUT2D eigenvalue weighted by Crippen LogP contribution is -2.38. The van der Waals surface area contributed by atoms with Crippen molar-refractivity contribution in [3.05, 3.63) is 51.3 Å². The Morgan fingerprint density at radius 1 is 1.23 bits per heavy atom. The van der Waals surface area contributed by atoms with Gasteiger partial charge in [-0.25, -0.2) is 0 Å². The van der Waals surface area contributed by atoms with E-state index in [2.05, 4.69) is 29.0 Å². The number of carbonyl (C=O) groups is 2. The molecule has 2 amide bonds. The minimum Gasteiger partial charge on any atom is -0.358 e. The molecule has 1 aromatic heterocycles. The molecule has 0 atom stereocenters. The predicted molar refractivity (Wildman–Crippen MR) is 125 cm³/mol.